The lowest BCUT2D eigenvalue weighted by Gasteiger charge is -2.28. The van der Waals surface area contributed by atoms with Crippen LogP contribution in [0.2, 0.25) is 0 Å². The van der Waals surface area contributed by atoms with Gasteiger partial charge in [0.15, 0.2) is 0 Å². The Morgan fingerprint density at radius 3 is 2.75 bits per heavy atom. The quantitative estimate of drug-likeness (QED) is 0.888. The Kier molecular flexibility index (Phi) is 3.45. The molecule has 1 amide bonds. The summed E-state index contributed by atoms with van der Waals surface area (Å²) in [5.41, 5.74) is 1.38. The van der Waals surface area contributed by atoms with E-state index in [2.05, 4.69) is 12.2 Å². The number of amides is 1. The molecule has 1 aromatic rings. The van der Waals surface area contributed by atoms with Crippen LogP contribution < -0.4 is 5.32 Å². The van der Waals surface area contributed by atoms with Crippen LogP contribution in [-0.2, 0) is 0 Å². The third kappa shape index (κ3) is 2.41. The number of hydrogen-bond donors (Lipinski definition) is 2. The molecule has 0 aliphatic heterocycles. The molecule has 20 heavy (non-hydrogen) atoms. The van der Waals surface area contributed by atoms with E-state index in [1.165, 1.54) is 25.7 Å². The van der Waals surface area contributed by atoms with Gasteiger partial charge >= 0.3 is 0 Å². The highest BCUT2D eigenvalue weighted by atomic mass is 16.3. The standard InChI is InChI=1S/C17H23NO2/c1-10-7-14(5-6-16(10)19)17(20)18-11(2)15-9-12-3-4-13(15)8-12/h5-7,11-13,15,19H,3-4,8-9H2,1-2H3,(H,18,20). The number of carbonyl (C=O) groups excluding carboxylic acids is 1. The Morgan fingerprint density at radius 2 is 2.15 bits per heavy atom. The average Bonchev–Trinajstić information content (AvgIpc) is 3.04. The number of hydrogen-bond acceptors (Lipinski definition) is 2. The number of nitrogens with one attached hydrogen (secondary N) is 1. The summed E-state index contributed by atoms with van der Waals surface area (Å²) in [5, 5.41) is 12.7. The molecule has 2 fully saturated rings. The van der Waals surface area contributed by atoms with Gasteiger partial charge in [0.05, 0.1) is 0 Å². The average molecular weight is 273 g/mol. The molecule has 2 aliphatic carbocycles. The minimum absolute atomic E-state index is 0.0247. The first kappa shape index (κ1) is 13.5. The molecule has 4 unspecified atom stereocenters. The van der Waals surface area contributed by atoms with Crippen LogP contribution >= 0.6 is 0 Å². The number of phenols is 1. The summed E-state index contributed by atoms with van der Waals surface area (Å²) in [6.45, 7) is 3.95. The number of fused-ring (bicyclic) bond motifs is 2. The summed E-state index contributed by atoms with van der Waals surface area (Å²) < 4.78 is 0. The Labute approximate surface area is 120 Å². The van der Waals surface area contributed by atoms with Gasteiger partial charge in [-0.2, -0.15) is 0 Å². The van der Waals surface area contributed by atoms with E-state index in [1.54, 1.807) is 18.2 Å². The van der Waals surface area contributed by atoms with Crippen molar-refractivity contribution < 1.29 is 9.90 Å². The highest BCUT2D eigenvalue weighted by Gasteiger charge is 2.42. The molecule has 4 atom stereocenters. The molecule has 3 heteroatoms. The van der Waals surface area contributed by atoms with Crippen molar-refractivity contribution in [2.75, 3.05) is 0 Å². The van der Waals surface area contributed by atoms with Crippen molar-refractivity contribution in [2.45, 2.75) is 45.6 Å². The maximum atomic E-state index is 12.3. The van der Waals surface area contributed by atoms with E-state index in [0.29, 0.717) is 11.5 Å². The number of aryl methyl sites for hydroxylation is 1. The first-order valence-corrected chi connectivity index (χ1v) is 7.65. The fourth-order valence-electron chi connectivity index (χ4n) is 4.10. The highest BCUT2D eigenvalue weighted by Crippen LogP contribution is 2.49. The third-order valence-corrected chi connectivity index (χ3v) is 5.25. The second-order valence-corrected chi connectivity index (χ2v) is 6.60. The number of aromatic hydroxyl groups is 1. The molecular weight excluding hydrogens is 250 g/mol. The predicted molar refractivity (Wildman–Crippen MR) is 78.7 cm³/mol. The minimum atomic E-state index is -0.0247. The van der Waals surface area contributed by atoms with Gasteiger partial charge in [0.25, 0.3) is 5.91 Å². The maximum absolute atomic E-state index is 12.3. The van der Waals surface area contributed by atoms with Crippen molar-refractivity contribution in [3.05, 3.63) is 29.3 Å². The lowest BCUT2D eigenvalue weighted by molar-refractivity contribution is 0.0915. The molecule has 0 spiro atoms. The molecule has 0 heterocycles. The van der Waals surface area contributed by atoms with Gasteiger partial charge in [0.2, 0.25) is 0 Å². The molecule has 108 valence electrons. The van der Waals surface area contributed by atoms with Crippen molar-refractivity contribution in [3.63, 3.8) is 0 Å². The van der Waals surface area contributed by atoms with Gasteiger partial charge < -0.3 is 10.4 Å². The molecule has 2 N–H and O–H groups in total. The van der Waals surface area contributed by atoms with Crippen molar-refractivity contribution >= 4 is 5.91 Å². The van der Waals surface area contributed by atoms with E-state index in [0.717, 1.165) is 17.4 Å². The molecule has 0 radical (unpaired) electrons. The zero-order valence-electron chi connectivity index (χ0n) is 12.2. The lowest BCUT2D eigenvalue weighted by atomic mass is 9.84. The van der Waals surface area contributed by atoms with Gasteiger partial charge in [-0.15, -0.1) is 0 Å². The monoisotopic (exact) mass is 273 g/mol. The van der Waals surface area contributed by atoms with Gasteiger partial charge in [-0.3, -0.25) is 4.79 Å². The minimum Gasteiger partial charge on any atom is -0.508 e. The van der Waals surface area contributed by atoms with Gasteiger partial charge in [-0.1, -0.05) is 6.42 Å². The number of carbonyl (C=O) groups is 1. The second kappa shape index (κ2) is 5.12. The maximum Gasteiger partial charge on any atom is 0.251 e. The number of benzene rings is 1. The molecular formula is C17H23NO2. The van der Waals surface area contributed by atoms with Crippen LogP contribution in [0.4, 0.5) is 0 Å². The molecule has 2 aliphatic rings. The van der Waals surface area contributed by atoms with Crippen molar-refractivity contribution in [1.82, 2.24) is 5.32 Å². The van der Waals surface area contributed by atoms with Gasteiger partial charge in [-0.05, 0) is 74.6 Å². The molecule has 1 aromatic carbocycles. The Hall–Kier alpha value is -1.51. The van der Waals surface area contributed by atoms with Crippen LogP contribution in [0.3, 0.4) is 0 Å². The number of phenolic OH excluding ortho intramolecular Hbond substituents is 1. The van der Waals surface area contributed by atoms with E-state index in [9.17, 15) is 9.90 Å². The van der Waals surface area contributed by atoms with E-state index in [4.69, 9.17) is 0 Å². The summed E-state index contributed by atoms with van der Waals surface area (Å²) in [4.78, 5) is 12.3. The Morgan fingerprint density at radius 1 is 1.35 bits per heavy atom. The topological polar surface area (TPSA) is 49.3 Å². The molecule has 2 bridgehead atoms. The zero-order valence-corrected chi connectivity index (χ0v) is 12.2. The van der Waals surface area contributed by atoms with E-state index >= 15 is 0 Å². The molecule has 2 saturated carbocycles. The van der Waals surface area contributed by atoms with Crippen molar-refractivity contribution in [2.24, 2.45) is 17.8 Å². The van der Waals surface area contributed by atoms with Gasteiger partial charge in [0, 0.05) is 11.6 Å². The van der Waals surface area contributed by atoms with Gasteiger partial charge in [-0.25, -0.2) is 0 Å². The highest BCUT2D eigenvalue weighted by molar-refractivity contribution is 5.94. The predicted octanol–water partition coefficient (Wildman–Crippen LogP) is 3.26. The smallest absolute Gasteiger partial charge is 0.251 e. The summed E-state index contributed by atoms with van der Waals surface area (Å²) in [5.74, 6) is 2.58. The zero-order chi connectivity index (χ0) is 14.3. The molecule has 3 rings (SSSR count). The second-order valence-electron chi connectivity index (χ2n) is 6.60. The summed E-state index contributed by atoms with van der Waals surface area (Å²) >= 11 is 0. The van der Waals surface area contributed by atoms with Crippen molar-refractivity contribution in [3.8, 4) is 5.75 Å². The van der Waals surface area contributed by atoms with E-state index in [1.807, 2.05) is 6.92 Å². The van der Waals surface area contributed by atoms with Crippen LogP contribution in [0.1, 0.15) is 48.5 Å². The fraction of sp³-hybridized carbons (Fsp3) is 0.588. The van der Waals surface area contributed by atoms with Crippen LogP contribution in [0, 0.1) is 24.7 Å². The number of rotatable bonds is 3. The first-order chi connectivity index (χ1) is 9.54. The van der Waals surface area contributed by atoms with Crippen LogP contribution in [0.25, 0.3) is 0 Å². The summed E-state index contributed by atoms with van der Waals surface area (Å²) in [6, 6.07) is 5.27. The molecule has 3 nitrogen and oxygen atoms in total. The Bertz CT molecular complexity index is 526. The first-order valence-electron chi connectivity index (χ1n) is 7.65. The molecule has 0 aromatic heterocycles. The normalized spacial score (nSPS) is 29.4. The summed E-state index contributed by atoms with van der Waals surface area (Å²) in [6.07, 6.45) is 5.37. The van der Waals surface area contributed by atoms with Gasteiger partial charge in [0.1, 0.15) is 5.75 Å². The Balaban J connectivity index is 1.65. The SMILES string of the molecule is Cc1cc(C(=O)NC(C)C2CC3CCC2C3)ccc1O. The fourth-order valence-corrected chi connectivity index (χ4v) is 4.10. The third-order valence-electron chi connectivity index (χ3n) is 5.25. The van der Waals surface area contributed by atoms with E-state index < -0.39 is 0 Å². The van der Waals surface area contributed by atoms with Crippen LogP contribution in [-0.4, -0.2) is 17.1 Å². The largest absolute Gasteiger partial charge is 0.508 e. The summed E-state index contributed by atoms with van der Waals surface area (Å²) in [7, 11) is 0. The van der Waals surface area contributed by atoms with Crippen molar-refractivity contribution in [1.29, 1.82) is 0 Å². The van der Waals surface area contributed by atoms with E-state index in [-0.39, 0.29) is 17.7 Å². The molecule has 0 saturated heterocycles. The lowest BCUT2D eigenvalue weighted by Crippen LogP contribution is -2.40. The van der Waals surface area contributed by atoms with Crippen LogP contribution in [0.5, 0.6) is 5.75 Å². The van der Waals surface area contributed by atoms with Crippen LogP contribution in [0.15, 0.2) is 18.2 Å².